The molecule has 0 radical (unpaired) electrons. The number of carbonyl (C=O) groups excluding carboxylic acids is 1. The Bertz CT molecular complexity index is 355. The third-order valence-electron chi connectivity index (χ3n) is 4.80. The van der Waals surface area contributed by atoms with E-state index in [0.29, 0.717) is 25.4 Å². The maximum atomic E-state index is 12.7. The predicted molar refractivity (Wildman–Crippen MR) is 68.2 cm³/mol. The molecule has 1 saturated carbocycles. The number of allylic oxidation sites excluding steroid dienone is 2. The quantitative estimate of drug-likeness (QED) is 0.620. The van der Waals surface area contributed by atoms with Crippen molar-refractivity contribution in [3.05, 3.63) is 12.2 Å². The second-order valence-corrected chi connectivity index (χ2v) is 5.73. The Morgan fingerprint density at radius 3 is 2.61 bits per heavy atom. The molecule has 100 valence electrons. The van der Waals surface area contributed by atoms with Crippen LogP contribution in [-0.4, -0.2) is 24.8 Å². The molecule has 2 fully saturated rings. The summed E-state index contributed by atoms with van der Waals surface area (Å²) in [5.41, 5.74) is -0.410. The summed E-state index contributed by atoms with van der Waals surface area (Å²) in [5.74, 6) is -0.258. The van der Waals surface area contributed by atoms with Crippen LogP contribution in [0.5, 0.6) is 0 Å². The number of fused-ring (bicyclic) bond motifs is 1. The summed E-state index contributed by atoms with van der Waals surface area (Å²) in [6.07, 6.45) is 11.8. The lowest BCUT2D eigenvalue weighted by Gasteiger charge is -2.44. The zero-order valence-corrected chi connectivity index (χ0v) is 11.0. The first-order valence-electron chi connectivity index (χ1n) is 7.25. The third kappa shape index (κ3) is 1.76. The zero-order chi connectivity index (χ0) is 12.5. The summed E-state index contributed by atoms with van der Waals surface area (Å²) in [4.78, 5) is 12.7. The first kappa shape index (κ1) is 12.4. The second-order valence-electron chi connectivity index (χ2n) is 5.73. The summed E-state index contributed by atoms with van der Waals surface area (Å²) < 4.78 is 12.0. The van der Waals surface area contributed by atoms with Crippen molar-refractivity contribution in [2.45, 2.75) is 57.2 Å². The minimum absolute atomic E-state index is 0.358. The van der Waals surface area contributed by atoms with Crippen molar-refractivity contribution < 1.29 is 14.3 Å². The standard InChI is InChI=1S/C15H22O3/c16-13-7-3-1-4-8-14(13)9-5-2-6-10-15(14)17-11-12-18-15/h1,4H,2-3,5-12H2/t14-/m1/s1. The van der Waals surface area contributed by atoms with Gasteiger partial charge in [-0.25, -0.2) is 0 Å². The Kier molecular flexibility index (Phi) is 3.29. The summed E-state index contributed by atoms with van der Waals surface area (Å²) in [6, 6.07) is 0. The summed E-state index contributed by atoms with van der Waals surface area (Å²) in [5, 5.41) is 0. The summed E-state index contributed by atoms with van der Waals surface area (Å²) >= 11 is 0. The smallest absolute Gasteiger partial charge is 0.181 e. The SMILES string of the molecule is O=C1CCC=CC[C@@]12CCCCCC21OCCO1. The molecule has 0 aromatic rings. The molecule has 3 aliphatic rings. The van der Waals surface area contributed by atoms with Crippen molar-refractivity contribution in [1.82, 2.24) is 0 Å². The molecule has 1 aliphatic heterocycles. The van der Waals surface area contributed by atoms with Gasteiger partial charge in [0.2, 0.25) is 0 Å². The molecule has 3 nitrogen and oxygen atoms in total. The fourth-order valence-corrected chi connectivity index (χ4v) is 3.85. The van der Waals surface area contributed by atoms with Gasteiger partial charge < -0.3 is 9.47 Å². The van der Waals surface area contributed by atoms with Crippen LogP contribution in [0.25, 0.3) is 0 Å². The van der Waals surface area contributed by atoms with Gasteiger partial charge in [-0.15, -0.1) is 0 Å². The maximum Gasteiger partial charge on any atom is 0.181 e. The van der Waals surface area contributed by atoms with Gasteiger partial charge in [-0.3, -0.25) is 4.79 Å². The Morgan fingerprint density at radius 2 is 1.78 bits per heavy atom. The molecule has 0 N–H and O–H groups in total. The van der Waals surface area contributed by atoms with E-state index in [9.17, 15) is 4.79 Å². The molecule has 1 atom stereocenters. The maximum absolute atomic E-state index is 12.7. The molecule has 18 heavy (non-hydrogen) atoms. The van der Waals surface area contributed by atoms with Gasteiger partial charge in [-0.05, 0) is 25.7 Å². The molecule has 0 bridgehead atoms. The normalized spacial score (nSPS) is 35.9. The highest BCUT2D eigenvalue weighted by atomic mass is 16.7. The summed E-state index contributed by atoms with van der Waals surface area (Å²) in [6.45, 7) is 1.28. The lowest BCUT2D eigenvalue weighted by atomic mass is 9.69. The van der Waals surface area contributed by atoms with E-state index in [1.807, 2.05) is 0 Å². The predicted octanol–water partition coefficient (Wildman–Crippen LogP) is 2.99. The van der Waals surface area contributed by atoms with E-state index in [0.717, 1.165) is 38.5 Å². The Morgan fingerprint density at radius 1 is 1.00 bits per heavy atom. The average molecular weight is 250 g/mol. The van der Waals surface area contributed by atoms with E-state index in [1.54, 1.807) is 0 Å². The number of rotatable bonds is 0. The van der Waals surface area contributed by atoms with Crippen molar-refractivity contribution >= 4 is 5.78 Å². The van der Waals surface area contributed by atoms with Crippen molar-refractivity contribution in [3.8, 4) is 0 Å². The number of hydrogen-bond acceptors (Lipinski definition) is 3. The molecular formula is C15H22O3. The monoisotopic (exact) mass is 250 g/mol. The van der Waals surface area contributed by atoms with E-state index >= 15 is 0 Å². The highest BCUT2D eigenvalue weighted by Gasteiger charge is 2.59. The van der Waals surface area contributed by atoms with Crippen molar-refractivity contribution in [1.29, 1.82) is 0 Å². The highest BCUT2D eigenvalue weighted by Crippen LogP contribution is 2.52. The third-order valence-corrected chi connectivity index (χ3v) is 4.80. The van der Waals surface area contributed by atoms with Crippen LogP contribution in [0, 0.1) is 5.41 Å². The first-order chi connectivity index (χ1) is 8.79. The minimum atomic E-state index is -0.616. The molecule has 0 amide bonds. The molecule has 3 rings (SSSR count). The molecule has 1 heterocycles. The average Bonchev–Trinajstić information content (AvgIpc) is 2.67. The van der Waals surface area contributed by atoms with Crippen LogP contribution >= 0.6 is 0 Å². The molecule has 2 spiro atoms. The van der Waals surface area contributed by atoms with Crippen molar-refractivity contribution in [2.24, 2.45) is 5.41 Å². The molecular weight excluding hydrogens is 228 g/mol. The van der Waals surface area contributed by atoms with E-state index in [-0.39, 0.29) is 0 Å². The molecule has 3 heteroatoms. The zero-order valence-electron chi connectivity index (χ0n) is 11.0. The van der Waals surface area contributed by atoms with Crippen molar-refractivity contribution in [2.75, 3.05) is 13.2 Å². The number of Topliss-reactive ketones (excluding diaryl/α,β-unsaturated/α-hetero) is 1. The molecule has 0 unspecified atom stereocenters. The van der Waals surface area contributed by atoms with Gasteiger partial charge in [0.15, 0.2) is 5.79 Å². The number of ether oxygens (including phenoxy) is 2. The fraction of sp³-hybridized carbons (Fsp3) is 0.800. The van der Waals surface area contributed by atoms with Gasteiger partial charge in [0.1, 0.15) is 5.78 Å². The van der Waals surface area contributed by atoms with Crippen LogP contribution in [0.15, 0.2) is 12.2 Å². The van der Waals surface area contributed by atoms with Crippen LogP contribution in [0.4, 0.5) is 0 Å². The van der Waals surface area contributed by atoms with Gasteiger partial charge in [-0.2, -0.15) is 0 Å². The number of ketones is 1. The fourth-order valence-electron chi connectivity index (χ4n) is 3.85. The molecule has 0 aromatic heterocycles. The number of hydrogen-bond donors (Lipinski definition) is 0. The first-order valence-corrected chi connectivity index (χ1v) is 7.25. The van der Waals surface area contributed by atoms with Gasteiger partial charge in [0.25, 0.3) is 0 Å². The van der Waals surface area contributed by atoms with Gasteiger partial charge >= 0.3 is 0 Å². The second kappa shape index (κ2) is 4.78. The number of carbonyl (C=O) groups is 1. The van der Waals surface area contributed by atoms with E-state index in [2.05, 4.69) is 12.2 Å². The van der Waals surface area contributed by atoms with Crippen LogP contribution in [0.1, 0.15) is 51.4 Å². The van der Waals surface area contributed by atoms with Crippen LogP contribution in [0.2, 0.25) is 0 Å². The lowest BCUT2D eigenvalue weighted by molar-refractivity contribution is -0.235. The molecule has 2 aliphatic carbocycles. The lowest BCUT2D eigenvalue weighted by Crippen LogP contribution is -2.53. The highest BCUT2D eigenvalue weighted by molar-refractivity contribution is 5.86. The van der Waals surface area contributed by atoms with Gasteiger partial charge in [-0.1, -0.05) is 25.0 Å². The molecule has 0 aromatic carbocycles. The van der Waals surface area contributed by atoms with Crippen LogP contribution in [0.3, 0.4) is 0 Å². The van der Waals surface area contributed by atoms with E-state index < -0.39 is 11.2 Å². The van der Waals surface area contributed by atoms with Gasteiger partial charge in [0.05, 0.1) is 18.6 Å². The van der Waals surface area contributed by atoms with E-state index in [4.69, 9.17) is 9.47 Å². The molecule has 1 saturated heterocycles. The van der Waals surface area contributed by atoms with E-state index in [1.165, 1.54) is 6.42 Å². The Balaban J connectivity index is 2.01. The minimum Gasteiger partial charge on any atom is -0.346 e. The van der Waals surface area contributed by atoms with Gasteiger partial charge in [0, 0.05) is 12.8 Å². The van der Waals surface area contributed by atoms with Crippen LogP contribution in [-0.2, 0) is 14.3 Å². The summed E-state index contributed by atoms with van der Waals surface area (Å²) in [7, 11) is 0. The largest absolute Gasteiger partial charge is 0.346 e. The van der Waals surface area contributed by atoms with Crippen LogP contribution < -0.4 is 0 Å². The topological polar surface area (TPSA) is 35.5 Å². The Hall–Kier alpha value is -0.670. The van der Waals surface area contributed by atoms with Crippen molar-refractivity contribution in [3.63, 3.8) is 0 Å². The Labute approximate surface area is 109 Å².